The molecular formula is C15H22N2O2. The first-order valence-corrected chi connectivity index (χ1v) is 6.73. The van der Waals surface area contributed by atoms with Crippen LogP contribution in [0.5, 0.6) is 0 Å². The van der Waals surface area contributed by atoms with Crippen LogP contribution >= 0.6 is 0 Å². The van der Waals surface area contributed by atoms with Crippen molar-refractivity contribution in [2.24, 2.45) is 0 Å². The Kier molecular flexibility index (Phi) is 4.93. The molecule has 4 heteroatoms. The normalized spacial score (nSPS) is 17.4. The van der Waals surface area contributed by atoms with Gasteiger partial charge in [0.05, 0.1) is 13.5 Å². The van der Waals surface area contributed by atoms with Crippen LogP contribution in [0.2, 0.25) is 0 Å². The van der Waals surface area contributed by atoms with E-state index in [0.29, 0.717) is 6.42 Å². The van der Waals surface area contributed by atoms with Crippen LogP contribution in [-0.4, -0.2) is 56.1 Å². The summed E-state index contributed by atoms with van der Waals surface area (Å²) in [6.07, 6.45) is 0.362. The van der Waals surface area contributed by atoms with Gasteiger partial charge in [0, 0.05) is 32.7 Å². The molecule has 1 aromatic rings. The van der Waals surface area contributed by atoms with Gasteiger partial charge < -0.3 is 9.64 Å². The summed E-state index contributed by atoms with van der Waals surface area (Å²) in [7, 11) is 3.59. The Morgan fingerprint density at radius 3 is 2.42 bits per heavy atom. The average Bonchev–Trinajstić information content (AvgIpc) is 2.43. The van der Waals surface area contributed by atoms with E-state index >= 15 is 0 Å². The number of nitrogens with zero attached hydrogens (tertiary/aromatic N) is 2. The van der Waals surface area contributed by atoms with E-state index in [9.17, 15) is 4.79 Å². The van der Waals surface area contributed by atoms with Gasteiger partial charge in [-0.15, -0.1) is 0 Å². The molecule has 1 saturated heterocycles. The van der Waals surface area contributed by atoms with Gasteiger partial charge in [0.2, 0.25) is 0 Å². The van der Waals surface area contributed by atoms with Gasteiger partial charge in [-0.3, -0.25) is 9.69 Å². The topological polar surface area (TPSA) is 32.8 Å². The number of methoxy groups -OCH3 is 1. The van der Waals surface area contributed by atoms with Crippen molar-refractivity contribution in [3.8, 4) is 0 Å². The Morgan fingerprint density at radius 2 is 1.79 bits per heavy atom. The third-order valence-electron chi connectivity index (χ3n) is 3.67. The molecule has 0 radical (unpaired) electrons. The van der Waals surface area contributed by atoms with E-state index in [4.69, 9.17) is 4.74 Å². The maximum Gasteiger partial charge on any atom is 0.309 e. The first kappa shape index (κ1) is 14.0. The highest BCUT2D eigenvalue weighted by Gasteiger charge is 2.16. The molecule has 0 atom stereocenters. The fourth-order valence-electron chi connectivity index (χ4n) is 2.36. The standard InChI is InChI=1S/C15H22N2O2/c1-16-7-9-17(10-8-16)12-14-6-4-3-5-13(14)11-15(18)19-2/h3-6H,7-12H2,1-2H3. The predicted octanol–water partition coefficient (Wildman–Crippen LogP) is 1.15. The number of benzene rings is 1. The minimum atomic E-state index is -0.175. The monoisotopic (exact) mass is 262 g/mol. The lowest BCUT2D eigenvalue weighted by atomic mass is 10.0. The summed E-state index contributed by atoms with van der Waals surface area (Å²) in [6.45, 7) is 5.31. The Balaban J connectivity index is 2.01. The first-order chi connectivity index (χ1) is 9.19. The number of hydrogen-bond acceptors (Lipinski definition) is 4. The molecule has 1 aliphatic rings. The molecule has 1 aromatic carbocycles. The zero-order valence-electron chi connectivity index (χ0n) is 11.8. The molecule has 19 heavy (non-hydrogen) atoms. The van der Waals surface area contributed by atoms with Crippen LogP contribution < -0.4 is 0 Å². The Bertz CT molecular complexity index is 426. The molecule has 0 unspecified atom stereocenters. The number of rotatable bonds is 4. The second-order valence-corrected chi connectivity index (χ2v) is 5.10. The SMILES string of the molecule is COC(=O)Cc1ccccc1CN1CCN(C)CC1. The summed E-state index contributed by atoms with van der Waals surface area (Å²) in [4.78, 5) is 16.2. The quantitative estimate of drug-likeness (QED) is 0.762. The number of carbonyl (C=O) groups excluding carboxylic acids is 1. The Hall–Kier alpha value is -1.39. The van der Waals surface area contributed by atoms with Gasteiger partial charge in [-0.05, 0) is 18.2 Å². The predicted molar refractivity (Wildman–Crippen MR) is 74.9 cm³/mol. The zero-order chi connectivity index (χ0) is 13.7. The highest BCUT2D eigenvalue weighted by atomic mass is 16.5. The zero-order valence-corrected chi connectivity index (χ0v) is 11.8. The van der Waals surface area contributed by atoms with E-state index in [1.54, 1.807) is 0 Å². The molecule has 0 saturated carbocycles. The van der Waals surface area contributed by atoms with E-state index < -0.39 is 0 Å². The second kappa shape index (κ2) is 6.68. The van der Waals surface area contributed by atoms with Gasteiger partial charge in [0.25, 0.3) is 0 Å². The number of likely N-dealkylation sites (N-methyl/N-ethyl adjacent to an activating group) is 1. The minimum absolute atomic E-state index is 0.175. The summed E-state index contributed by atoms with van der Waals surface area (Å²) in [5, 5.41) is 0. The van der Waals surface area contributed by atoms with Crippen LogP contribution in [0.25, 0.3) is 0 Å². The van der Waals surface area contributed by atoms with Crippen molar-refractivity contribution in [1.82, 2.24) is 9.80 Å². The molecule has 0 aliphatic carbocycles. The number of piperazine rings is 1. The van der Waals surface area contributed by atoms with Crippen molar-refractivity contribution in [2.45, 2.75) is 13.0 Å². The molecule has 0 amide bonds. The maximum absolute atomic E-state index is 11.4. The molecule has 0 aromatic heterocycles. The average molecular weight is 262 g/mol. The smallest absolute Gasteiger partial charge is 0.309 e. The summed E-state index contributed by atoms with van der Waals surface area (Å²) >= 11 is 0. The fourth-order valence-corrected chi connectivity index (χ4v) is 2.36. The van der Waals surface area contributed by atoms with Gasteiger partial charge in [0.1, 0.15) is 0 Å². The van der Waals surface area contributed by atoms with Gasteiger partial charge in [-0.25, -0.2) is 0 Å². The van der Waals surface area contributed by atoms with Crippen molar-refractivity contribution in [3.05, 3.63) is 35.4 Å². The van der Waals surface area contributed by atoms with Crippen LogP contribution in [0.15, 0.2) is 24.3 Å². The molecule has 0 N–H and O–H groups in total. The lowest BCUT2D eigenvalue weighted by Gasteiger charge is -2.32. The van der Waals surface area contributed by atoms with Crippen LogP contribution in [-0.2, 0) is 22.5 Å². The van der Waals surface area contributed by atoms with Gasteiger partial charge in [-0.1, -0.05) is 24.3 Å². The van der Waals surface area contributed by atoms with Crippen molar-refractivity contribution < 1.29 is 9.53 Å². The van der Waals surface area contributed by atoms with Crippen molar-refractivity contribution >= 4 is 5.97 Å². The number of ether oxygens (including phenoxy) is 1. The first-order valence-electron chi connectivity index (χ1n) is 6.73. The summed E-state index contributed by atoms with van der Waals surface area (Å²) in [5.41, 5.74) is 2.31. The molecule has 104 valence electrons. The molecule has 0 bridgehead atoms. The number of esters is 1. The highest BCUT2D eigenvalue weighted by Crippen LogP contribution is 2.14. The molecule has 2 rings (SSSR count). The van der Waals surface area contributed by atoms with E-state index in [1.165, 1.54) is 12.7 Å². The Labute approximate surface area is 115 Å². The molecule has 0 spiro atoms. The van der Waals surface area contributed by atoms with E-state index in [-0.39, 0.29) is 5.97 Å². The van der Waals surface area contributed by atoms with Gasteiger partial charge in [0.15, 0.2) is 0 Å². The minimum Gasteiger partial charge on any atom is -0.469 e. The lowest BCUT2D eigenvalue weighted by Crippen LogP contribution is -2.44. The third kappa shape index (κ3) is 4.04. The van der Waals surface area contributed by atoms with Crippen LogP contribution in [0.3, 0.4) is 0 Å². The van der Waals surface area contributed by atoms with Crippen LogP contribution in [0.4, 0.5) is 0 Å². The van der Waals surface area contributed by atoms with E-state index in [0.717, 1.165) is 38.3 Å². The highest BCUT2D eigenvalue weighted by molar-refractivity contribution is 5.72. The van der Waals surface area contributed by atoms with Crippen molar-refractivity contribution in [3.63, 3.8) is 0 Å². The molecule has 1 aliphatic heterocycles. The molecule has 1 fully saturated rings. The van der Waals surface area contributed by atoms with Gasteiger partial charge >= 0.3 is 5.97 Å². The van der Waals surface area contributed by atoms with Crippen LogP contribution in [0, 0.1) is 0 Å². The van der Waals surface area contributed by atoms with Crippen molar-refractivity contribution in [2.75, 3.05) is 40.3 Å². The molecule has 4 nitrogen and oxygen atoms in total. The van der Waals surface area contributed by atoms with Gasteiger partial charge in [-0.2, -0.15) is 0 Å². The van der Waals surface area contributed by atoms with Crippen molar-refractivity contribution in [1.29, 1.82) is 0 Å². The maximum atomic E-state index is 11.4. The van der Waals surface area contributed by atoms with E-state index in [2.05, 4.69) is 22.9 Å². The van der Waals surface area contributed by atoms with Crippen LogP contribution in [0.1, 0.15) is 11.1 Å². The summed E-state index contributed by atoms with van der Waals surface area (Å²) in [5.74, 6) is -0.175. The largest absolute Gasteiger partial charge is 0.469 e. The second-order valence-electron chi connectivity index (χ2n) is 5.10. The fraction of sp³-hybridized carbons (Fsp3) is 0.533. The number of carbonyl (C=O) groups is 1. The molecule has 1 heterocycles. The summed E-state index contributed by atoms with van der Waals surface area (Å²) in [6, 6.07) is 8.14. The lowest BCUT2D eigenvalue weighted by molar-refractivity contribution is -0.139. The molecular weight excluding hydrogens is 240 g/mol. The van der Waals surface area contributed by atoms with E-state index in [1.807, 2.05) is 18.2 Å². The summed E-state index contributed by atoms with van der Waals surface area (Å²) < 4.78 is 4.75. The number of hydrogen-bond donors (Lipinski definition) is 0. The third-order valence-corrected chi connectivity index (χ3v) is 3.67. The Morgan fingerprint density at radius 1 is 1.16 bits per heavy atom.